The van der Waals surface area contributed by atoms with Gasteiger partial charge in [-0.05, 0) is 0 Å². The number of anilines is 1. The van der Waals surface area contributed by atoms with Crippen LogP contribution in [0.15, 0.2) is 12.5 Å². The fraction of sp³-hybridized carbons (Fsp3) is 0.500. The molecule has 0 aliphatic carbocycles. The summed E-state index contributed by atoms with van der Waals surface area (Å²) in [6.45, 7) is 3.85. The largest absolute Gasteiger partial charge is 0.340 e. The van der Waals surface area contributed by atoms with Gasteiger partial charge in [0, 0.05) is 39.4 Å². The molecule has 7 heteroatoms. The third kappa shape index (κ3) is 2.01. The Labute approximate surface area is 98.9 Å². The third-order valence-corrected chi connectivity index (χ3v) is 2.82. The molecule has 90 valence electrons. The van der Waals surface area contributed by atoms with E-state index in [1.165, 1.54) is 0 Å². The number of hydrogen-bond donors (Lipinski definition) is 2. The maximum absolute atomic E-state index is 4.47. The van der Waals surface area contributed by atoms with Crippen molar-refractivity contribution >= 4 is 5.95 Å². The zero-order valence-corrected chi connectivity index (χ0v) is 9.72. The topological polar surface area (TPSA) is 74.7 Å². The molecule has 0 radical (unpaired) electrons. The van der Waals surface area contributed by atoms with Gasteiger partial charge in [0.05, 0.1) is 6.33 Å². The monoisotopic (exact) mass is 233 g/mol. The van der Waals surface area contributed by atoms with Gasteiger partial charge in [-0.25, -0.2) is 4.98 Å². The van der Waals surface area contributed by atoms with Crippen molar-refractivity contribution in [3.8, 4) is 11.5 Å². The second-order valence-corrected chi connectivity index (χ2v) is 4.15. The summed E-state index contributed by atoms with van der Waals surface area (Å²) in [6.07, 6.45) is 3.67. The number of hydrogen-bond acceptors (Lipinski definition) is 5. The summed E-state index contributed by atoms with van der Waals surface area (Å²) in [5.41, 5.74) is 0.821. The van der Waals surface area contributed by atoms with Gasteiger partial charge in [0.15, 0.2) is 5.82 Å². The molecule has 0 aromatic carbocycles. The molecule has 17 heavy (non-hydrogen) atoms. The molecule has 0 bridgehead atoms. The minimum Gasteiger partial charge on any atom is -0.340 e. The Balaban J connectivity index is 1.82. The summed E-state index contributed by atoms with van der Waals surface area (Å²) in [5.74, 6) is 1.48. The molecular weight excluding hydrogens is 218 g/mol. The fourth-order valence-corrected chi connectivity index (χ4v) is 1.91. The Morgan fingerprint density at radius 3 is 2.82 bits per heavy atom. The first-order valence-electron chi connectivity index (χ1n) is 5.69. The van der Waals surface area contributed by atoms with Crippen LogP contribution in [0.4, 0.5) is 5.95 Å². The van der Waals surface area contributed by atoms with Crippen LogP contribution in [0.3, 0.4) is 0 Å². The zero-order chi connectivity index (χ0) is 11.7. The van der Waals surface area contributed by atoms with E-state index in [2.05, 4.69) is 30.4 Å². The molecular formula is C10H15N7. The number of aryl methyl sites for hydroxylation is 1. The molecule has 0 amide bonds. The second-order valence-electron chi connectivity index (χ2n) is 4.15. The minimum atomic E-state index is 0.721. The predicted molar refractivity (Wildman–Crippen MR) is 63.7 cm³/mol. The quantitative estimate of drug-likeness (QED) is 0.739. The maximum atomic E-state index is 4.47. The van der Waals surface area contributed by atoms with E-state index < -0.39 is 0 Å². The van der Waals surface area contributed by atoms with Crippen LogP contribution in [0.2, 0.25) is 0 Å². The standard InChI is InChI=1S/C10H15N7/c1-16-6-8(12-7-16)9-13-10(15-14-9)17-4-2-11-3-5-17/h6-7,11H,2-5H2,1H3,(H,13,14,15). The number of aromatic amines is 1. The highest BCUT2D eigenvalue weighted by Crippen LogP contribution is 2.15. The van der Waals surface area contributed by atoms with Gasteiger partial charge in [-0.15, -0.1) is 5.10 Å². The van der Waals surface area contributed by atoms with Crippen LogP contribution in [-0.4, -0.2) is 50.9 Å². The molecule has 2 aromatic heterocycles. The minimum absolute atomic E-state index is 0.721. The molecule has 2 N–H and O–H groups in total. The van der Waals surface area contributed by atoms with Crippen molar-refractivity contribution in [2.24, 2.45) is 7.05 Å². The van der Waals surface area contributed by atoms with Crippen LogP contribution in [0.25, 0.3) is 11.5 Å². The molecule has 0 atom stereocenters. The summed E-state index contributed by atoms with van der Waals surface area (Å²) in [6, 6.07) is 0. The number of nitrogens with one attached hydrogen (secondary N) is 2. The average molecular weight is 233 g/mol. The van der Waals surface area contributed by atoms with E-state index in [0.717, 1.165) is 43.6 Å². The van der Waals surface area contributed by atoms with E-state index in [9.17, 15) is 0 Å². The number of rotatable bonds is 2. The van der Waals surface area contributed by atoms with Crippen LogP contribution >= 0.6 is 0 Å². The van der Waals surface area contributed by atoms with E-state index >= 15 is 0 Å². The highest BCUT2D eigenvalue weighted by molar-refractivity contribution is 5.50. The lowest BCUT2D eigenvalue weighted by atomic mass is 10.4. The number of H-pyrrole nitrogens is 1. The van der Waals surface area contributed by atoms with Crippen molar-refractivity contribution in [3.63, 3.8) is 0 Å². The second kappa shape index (κ2) is 4.17. The van der Waals surface area contributed by atoms with Crippen molar-refractivity contribution in [2.45, 2.75) is 0 Å². The Morgan fingerprint density at radius 2 is 2.12 bits per heavy atom. The predicted octanol–water partition coefficient (Wildman–Crippen LogP) is -0.385. The van der Waals surface area contributed by atoms with E-state index in [1.54, 1.807) is 6.33 Å². The first kappa shape index (κ1) is 10.3. The molecule has 1 aliphatic heterocycles. The first-order valence-corrected chi connectivity index (χ1v) is 5.69. The van der Waals surface area contributed by atoms with E-state index in [1.807, 2.05) is 17.8 Å². The summed E-state index contributed by atoms with van der Waals surface area (Å²) in [4.78, 5) is 10.9. The van der Waals surface area contributed by atoms with Crippen molar-refractivity contribution < 1.29 is 0 Å². The summed E-state index contributed by atoms with van der Waals surface area (Å²) in [7, 11) is 1.93. The third-order valence-electron chi connectivity index (χ3n) is 2.82. The van der Waals surface area contributed by atoms with Crippen LogP contribution in [-0.2, 0) is 7.05 Å². The molecule has 3 rings (SSSR count). The van der Waals surface area contributed by atoms with Gasteiger partial charge in [-0.3, -0.25) is 5.10 Å². The number of aromatic nitrogens is 5. The van der Waals surface area contributed by atoms with Gasteiger partial charge >= 0.3 is 0 Å². The van der Waals surface area contributed by atoms with Gasteiger partial charge in [-0.2, -0.15) is 4.98 Å². The Morgan fingerprint density at radius 1 is 1.29 bits per heavy atom. The number of imidazole rings is 1. The van der Waals surface area contributed by atoms with E-state index in [0.29, 0.717) is 0 Å². The van der Waals surface area contributed by atoms with Gasteiger partial charge < -0.3 is 14.8 Å². The SMILES string of the molecule is Cn1cnc(-c2nc(N3CCNCC3)n[nH]2)c1. The molecule has 0 saturated carbocycles. The Hall–Kier alpha value is -1.89. The van der Waals surface area contributed by atoms with Crippen LogP contribution < -0.4 is 10.2 Å². The maximum Gasteiger partial charge on any atom is 0.245 e. The van der Waals surface area contributed by atoms with Crippen LogP contribution in [0.5, 0.6) is 0 Å². The van der Waals surface area contributed by atoms with Gasteiger partial charge in [0.2, 0.25) is 5.95 Å². The molecule has 0 unspecified atom stereocenters. The summed E-state index contributed by atoms with van der Waals surface area (Å²) in [5, 5.41) is 10.5. The van der Waals surface area contributed by atoms with Gasteiger partial charge in [-0.1, -0.05) is 0 Å². The molecule has 2 aromatic rings. The molecule has 1 aliphatic rings. The molecule has 0 spiro atoms. The molecule has 3 heterocycles. The Kier molecular flexibility index (Phi) is 2.52. The number of piperazine rings is 1. The summed E-state index contributed by atoms with van der Waals surface area (Å²) >= 11 is 0. The van der Waals surface area contributed by atoms with Crippen molar-refractivity contribution in [2.75, 3.05) is 31.1 Å². The lowest BCUT2D eigenvalue weighted by Gasteiger charge is -2.25. The zero-order valence-electron chi connectivity index (χ0n) is 9.72. The van der Waals surface area contributed by atoms with Gasteiger partial charge in [0.25, 0.3) is 0 Å². The Bertz CT molecular complexity index is 494. The molecule has 1 saturated heterocycles. The summed E-state index contributed by atoms with van der Waals surface area (Å²) < 4.78 is 1.89. The fourth-order valence-electron chi connectivity index (χ4n) is 1.91. The van der Waals surface area contributed by atoms with E-state index in [-0.39, 0.29) is 0 Å². The van der Waals surface area contributed by atoms with Crippen LogP contribution in [0, 0.1) is 0 Å². The van der Waals surface area contributed by atoms with Crippen molar-refractivity contribution in [3.05, 3.63) is 12.5 Å². The van der Waals surface area contributed by atoms with Gasteiger partial charge in [0.1, 0.15) is 5.69 Å². The average Bonchev–Trinajstić information content (AvgIpc) is 2.98. The normalized spacial score (nSPS) is 16.4. The smallest absolute Gasteiger partial charge is 0.245 e. The first-order chi connectivity index (χ1) is 8.33. The molecule has 1 fully saturated rings. The van der Waals surface area contributed by atoms with Crippen molar-refractivity contribution in [1.82, 2.24) is 30.0 Å². The highest BCUT2D eigenvalue weighted by atomic mass is 15.4. The lowest BCUT2D eigenvalue weighted by molar-refractivity contribution is 0.580. The highest BCUT2D eigenvalue weighted by Gasteiger charge is 2.16. The number of nitrogens with zero attached hydrogens (tertiary/aromatic N) is 5. The van der Waals surface area contributed by atoms with E-state index in [4.69, 9.17) is 0 Å². The van der Waals surface area contributed by atoms with Crippen molar-refractivity contribution in [1.29, 1.82) is 0 Å². The van der Waals surface area contributed by atoms with Crippen LogP contribution in [0.1, 0.15) is 0 Å². The lowest BCUT2D eigenvalue weighted by Crippen LogP contribution is -2.44. The molecule has 7 nitrogen and oxygen atoms in total.